The van der Waals surface area contributed by atoms with Gasteiger partial charge in [-0.05, 0) is 54.0 Å². The second-order valence-corrected chi connectivity index (χ2v) is 9.24. The van der Waals surface area contributed by atoms with Crippen molar-refractivity contribution in [3.05, 3.63) is 54.1 Å². The maximum atomic E-state index is 11.1. The standard InChI is InChI=1S/C25H35N3O/c1-5-6-7-8-14-21(25(2,3)4)24(29)18-19-12-11-13-20(17-19)28-26-22-15-9-10-16-23(22)27-28/h9-13,15-17,21,24,29H,5-8,14,18H2,1-4H3. The fourth-order valence-electron chi connectivity index (χ4n) is 4.16. The molecule has 0 spiro atoms. The van der Waals surface area contributed by atoms with Crippen LogP contribution in [0.15, 0.2) is 48.5 Å². The van der Waals surface area contributed by atoms with Gasteiger partial charge in [0.1, 0.15) is 11.0 Å². The summed E-state index contributed by atoms with van der Waals surface area (Å²) in [6.45, 7) is 8.98. The van der Waals surface area contributed by atoms with Crippen molar-refractivity contribution in [3.63, 3.8) is 0 Å². The molecule has 0 aliphatic carbocycles. The van der Waals surface area contributed by atoms with Gasteiger partial charge in [0.25, 0.3) is 0 Å². The van der Waals surface area contributed by atoms with E-state index in [4.69, 9.17) is 0 Å². The quantitative estimate of drug-likeness (QED) is 0.457. The van der Waals surface area contributed by atoms with Crippen LogP contribution in [0, 0.1) is 11.3 Å². The van der Waals surface area contributed by atoms with Gasteiger partial charge in [0.2, 0.25) is 0 Å². The Bertz CT molecular complexity index is 877. The first-order chi connectivity index (χ1) is 13.9. The molecule has 3 aromatic rings. The predicted molar refractivity (Wildman–Crippen MR) is 120 cm³/mol. The number of unbranched alkanes of at least 4 members (excludes halogenated alkanes) is 3. The molecular formula is C25H35N3O. The van der Waals surface area contributed by atoms with Gasteiger partial charge in [-0.25, -0.2) is 0 Å². The van der Waals surface area contributed by atoms with Gasteiger partial charge in [0, 0.05) is 0 Å². The lowest BCUT2D eigenvalue weighted by Gasteiger charge is -2.35. The Balaban J connectivity index is 1.73. The first-order valence-electron chi connectivity index (χ1n) is 11.0. The highest BCUT2D eigenvalue weighted by Crippen LogP contribution is 2.34. The summed E-state index contributed by atoms with van der Waals surface area (Å²) in [6.07, 6.45) is 6.35. The average molecular weight is 394 g/mol. The Kier molecular flexibility index (Phi) is 7.07. The lowest BCUT2D eigenvalue weighted by molar-refractivity contribution is 0.0358. The van der Waals surface area contributed by atoms with Crippen molar-refractivity contribution in [1.29, 1.82) is 0 Å². The summed E-state index contributed by atoms with van der Waals surface area (Å²) >= 11 is 0. The van der Waals surface area contributed by atoms with E-state index in [1.54, 1.807) is 4.80 Å². The number of aromatic nitrogens is 3. The number of aliphatic hydroxyl groups is 1. The topological polar surface area (TPSA) is 50.9 Å². The molecule has 156 valence electrons. The molecule has 4 heteroatoms. The van der Waals surface area contributed by atoms with E-state index in [-0.39, 0.29) is 17.4 Å². The number of rotatable bonds is 9. The third kappa shape index (κ3) is 5.66. The van der Waals surface area contributed by atoms with Crippen molar-refractivity contribution in [2.24, 2.45) is 11.3 Å². The van der Waals surface area contributed by atoms with Gasteiger partial charge >= 0.3 is 0 Å². The number of hydrogen-bond acceptors (Lipinski definition) is 3. The lowest BCUT2D eigenvalue weighted by atomic mass is 9.73. The van der Waals surface area contributed by atoms with Crippen LogP contribution in [0.1, 0.15) is 65.4 Å². The maximum absolute atomic E-state index is 11.1. The molecule has 2 atom stereocenters. The number of benzene rings is 2. The maximum Gasteiger partial charge on any atom is 0.113 e. The zero-order valence-electron chi connectivity index (χ0n) is 18.3. The second kappa shape index (κ2) is 9.53. The summed E-state index contributed by atoms with van der Waals surface area (Å²) in [7, 11) is 0. The van der Waals surface area contributed by atoms with Gasteiger partial charge in [-0.2, -0.15) is 4.80 Å². The van der Waals surface area contributed by atoms with Crippen molar-refractivity contribution in [2.45, 2.75) is 72.3 Å². The fourth-order valence-corrected chi connectivity index (χ4v) is 4.16. The van der Waals surface area contributed by atoms with Crippen molar-refractivity contribution < 1.29 is 5.11 Å². The smallest absolute Gasteiger partial charge is 0.113 e. The molecule has 4 nitrogen and oxygen atoms in total. The van der Waals surface area contributed by atoms with E-state index in [1.807, 2.05) is 36.4 Å². The molecule has 0 saturated carbocycles. The predicted octanol–water partition coefficient (Wildman–Crippen LogP) is 5.96. The molecule has 0 saturated heterocycles. The van der Waals surface area contributed by atoms with E-state index in [0.29, 0.717) is 6.42 Å². The molecule has 0 radical (unpaired) electrons. The highest BCUT2D eigenvalue weighted by Gasteiger charge is 2.30. The molecule has 0 aliphatic rings. The molecule has 0 bridgehead atoms. The van der Waals surface area contributed by atoms with Gasteiger partial charge in [0.05, 0.1) is 11.8 Å². The van der Waals surface area contributed by atoms with Crippen LogP contribution < -0.4 is 0 Å². The average Bonchev–Trinajstić information content (AvgIpc) is 3.11. The number of hydrogen-bond donors (Lipinski definition) is 1. The van der Waals surface area contributed by atoms with Crippen molar-refractivity contribution in [2.75, 3.05) is 0 Å². The van der Waals surface area contributed by atoms with Crippen LogP contribution in [0.2, 0.25) is 0 Å². The molecular weight excluding hydrogens is 358 g/mol. The SMILES string of the molecule is CCCCCCC(C(O)Cc1cccc(-n2nc3ccccc3n2)c1)C(C)(C)C. The van der Waals surface area contributed by atoms with Crippen LogP contribution in [-0.4, -0.2) is 26.2 Å². The minimum absolute atomic E-state index is 0.0878. The van der Waals surface area contributed by atoms with E-state index < -0.39 is 0 Å². The summed E-state index contributed by atoms with van der Waals surface area (Å²) in [5.74, 6) is 0.286. The van der Waals surface area contributed by atoms with E-state index >= 15 is 0 Å². The van der Waals surface area contributed by atoms with Crippen LogP contribution in [0.4, 0.5) is 0 Å². The minimum atomic E-state index is -0.350. The Labute approximate surface area is 175 Å². The molecule has 3 rings (SSSR count). The molecule has 2 aromatic carbocycles. The number of fused-ring (bicyclic) bond motifs is 1. The molecule has 29 heavy (non-hydrogen) atoms. The van der Waals surface area contributed by atoms with Gasteiger partial charge in [0.15, 0.2) is 0 Å². The lowest BCUT2D eigenvalue weighted by Crippen LogP contribution is -2.33. The summed E-state index contributed by atoms with van der Waals surface area (Å²) in [5.41, 5.74) is 3.92. The summed E-state index contributed by atoms with van der Waals surface area (Å²) in [4.78, 5) is 1.69. The Morgan fingerprint density at radius 3 is 2.24 bits per heavy atom. The molecule has 1 N–H and O–H groups in total. The molecule has 0 fully saturated rings. The Morgan fingerprint density at radius 2 is 1.62 bits per heavy atom. The van der Waals surface area contributed by atoms with Crippen molar-refractivity contribution in [3.8, 4) is 5.69 Å². The van der Waals surface area contributed by atoms with Crippen molar-refractivity contribution >= 4 is 11.0 Å². The van der Waals surface area contributed by atoms with Gasteiger partial charge in [-0.3, -0.25) is 0 Å². The summed E-state index contributed by atoms with van der Waals surface area (Å²) in [6, 6.07) is 16.1. The van der Waals surface area contributed by atoms with Crippen LogP contribution >= 0.6 is 0 Å². The second-order valence-electron chi connectivity index (χ2n) is 9.24. The monoisotopic (exact) mass is 393 g/mol. The normalized spacial score (nSPS) is 14.2. The minimum Gasteiger partial charge on any atom is -0.392 e. The number of nitrogens with zero attached hydrogens (tertiary/aromatic N) is 3. The Hall–Kier alpha value is -2.20. The van der Waals surface area contributed by atoms with Crippen LogP contribution in [0.3, 0.4) is 0 Å². The van der Waals surface area contributed by atoms with Gasteiger partial charge < -0.3 is 5.11 Å². The first kappa shape index (κ1) is 21.5. The van der Waals surface area contributed by atoms with E-state index in [1.165, 1.54) is 25.7 Å². The summed E-state index contributed by atoms with van der Waals surface area (Å²) < 4.78 is 0. The zero-order valence-corrected chi connectivity index (χ0v) is 18.3. The zero-order chi connectivity index (χ0) is 20.9. The number of aliphatic hydroxyl groups excluding tert-OH is 1. The van der Waals surface area contributed by atoms with Crippen LogP contribution in [0.25, 0.3) is 16.7 Å². The van der Waals surface area contributed by atoms with Crippen molar-refractivity contribution in [1.82, 2.24) is 15.0 Å². The highest BCUT2D eigenvalue weighted by atomic mass is 16.3. The first-order valence-corrected chi connectivity index (χ1v) is 11.0. The molecule has 1 aromatic heterocycles. The van der Waals surface area contributed by atoms with E-state index in [9.17, 15) is 5.11 Å². The summed E-state index contributed by atoms with van der Waals surface area (Å²) in [5, 5.41) is 20.2. The van der Waals surface area contributed by atoms with E-state index in [2.05, 4.69) is 50.0 Å². The third-order valence-electron chi connectivity index (χ3n) is 5.82. The largest absolute Gasteiger partial charge is 0.392 e. The highest BCUT2D eigenvalue weighted by molar-refractivity contribution is 5.73. The molecule has 2 unspecified atom stereocenters. The van der Waals surface area contributed by atoms with Crippen LogP contribution in [-0.2, 0) is 6.42 Å². The third-order valence-corrected chi connectivity index (χ3v) is 5.82. The van der Waals surface area contributed by atoms with Crippen LogP contribution in [0.5, 0.6) is 0 Å². The molecule has 0 aliphatic heterocycles. The van der Waals surface area contributed by atoms with Gasteiger partial charge in [-0.15, -0.1) is 10.2 Å². The van der Waals surface area contributed by atoms with Gasteiger partial charge in [-0.1, -0.05) is 77.6 Å². The Morgan fingerprint density at radius 1 is 0.931 bits per heavy atom. The molecule has 1 heterocycles. The fraction of sp³-hybridized carbons (Fsp3) is 0.520. The molecule has 0 amide bonds. The van der Waals surface area contributed by atoms with E-state index in [0.717, 1.165) is 28.7 Å².